The molecule has 0 heterocycles. The molecule has 0 bridgehead atoms. The van der Waals surface area contributed by atoms with Gasteiger partial charge in [0, 0.05) is 26.1 Å². The fourth-order valence-corrected chi connectivity index (χ4v) is 1.49. The molecule has 1 unspecified atom stereocenters. The van der Waals surface area contributed by atoms with Crippen LogP contribution in [0.15, 0.2) is 0 Å². The van der Waals surface area contributed by atoms with Gasteiger partial charge in [0.15, 0.2) is 0 Å². The molecule has 1 rings (SSSR count). The number of carbonyl (C=O) groups excluding carboxylic acids is 1. The van der Waals surface area contributed by atoms with Crippen molar-refractivity contribution in [3.8, 4) is 0 Å². The summed E-state index contributed by atoms with van der Waals surface area (Å²) in [5.41, 5.74) is 5.49. The van der Waals surface area contributed by atoms with E-state index in [1.807, 2.05) is 14.0 Å². The molecule has 1 amide bonds. The third-order valence-corrected chi connectivity index (χ3v) is 3.08. The van der Waals surface area contributed by atoms with Crippen molar-refractivity contribution < 1.29 is 4.79 Å². The van der Waals surface area contributed by atoms with E-state index in [2.05, 4.69) is 0 Å². The van der Waals surface area contributed by atoms with E-state index < -0.39 is 0 Å². The number of hydrogen-bond donors (Lipinski definition) is 1. The molecule has 0 aromatic carbocycles. The van der Waals surface area contributed by atoms with Crippen molar-refractivity contribution in [1.82, 2.24) is 4.90 Å². The molecule has 0 radical (unpaired) electrons. The summed E-state index contributed by atoms with van der Waals surface area (Å²) in [7, 11) is 1.85. The van der Waals surface area contributed by atoms with Crippen LogP contribution in [-0.4, -0.2) is 30.4 Å². The topological polar surface area (TPSA) is 46.3 Å². The van der Waals surface area contributed by atoms with Gasteiger partial charge in [-0.2, -0.15) is 0 Å². The summed E-state index contributed by atoms with van der Waals surface area (Å²) in [6, 6.07) is 0.174. The van der Waals surface area contributed by atoms with Gasteiger partial charge in [0.25, 0.3) is 0 Å². The van der Waals surface area contributed by atoms with Gasteiger partial charge in [-0.1, -0.05) is 6.42 Å². The van der Waals surface area contributed by atoms with Crippen molar-refractivity contribution in [2.75, 3.05) is 13.6 Å². The van der Waals surface area contributed by atoms with E-state index in [4.69, 9.17) is 5.73 Å². The van der Waals surface area contributed by atoms with Gasteiger partial charge in [0.2, 0.25) is 5.91 Å². The highest BCUT2D eigenvalue weighted by atomic mass is 16.2. The van der Waals surface area contributed by atoms with Gasteiger partial charge in [-0.3, -0.25) is 4.79 Å². The first kappa shape index (κ1) is 10.5. The molecule has 76 valence electrons. The first-order chi connectivity index (χ1) is 6.15. The Morgan fingerprint density at radius 2 is 2.23 bits per heavy atom. The maximum Gasteiger partial charge on any atom is 0.222 e. The standard InChI is InChI=1S/C10H20N2O/c1-8(7-11)12(2)10(13)6-9-4-3-5-9/h8-9H,3-7,11H2,1-2H3. The summed E-state index contributed by atoms with van der Waals surface area (Å²) >= 11 is 0. The number of nitrogens with zero attached hydrogens (tertiary/aromatic N) is 1. The smallest absolute Gasteiger partial charge is 0.222 e. The minimum Gasteiger partial charge on any atom is -0.342 e. The van der Waals surface area contributed by atoms with E-state index in [9.17, 15) is 4.79 Å². The maximum absolute atomic E-state index is 11.6. The zero-order valence-corrected chi connectivity index (χ0v) is 8.62. The van der Waals surface area contributed by atoms with Crippen LogP contribution < -0.4 is 5.73 Å². The Bertz CT molecular complexity index is 178. The number of hydrogen-bond acceptors (Lipinski definition) is 2. The first-order valence-electron chi connectivity index (χ1n) is 5.11. The average molecular weight is 184 g/mol. The molecule has 0 aromatic rings. The largest absolute Gasteiger partial charge is 0.342 e. The van der Waals surface area contributed by atoms with Gasteiger partial charge in [-0.25, -0.2) is 0 Å². The molecule has 0 aliphatic heterocycles. The zero-order valence-electron chi connectivity index (χ0n) is 8.62. The second kappa shape index (κ2) is 4.61. The van der Waals surface area contributed by atoms with Crippen LogP contribution in [0.3, 0.4) is 0 Å². The minimum atomic E-state index is 0.174. The lowest BCUT2D eigenvalue weighted by molar-refractivity contribution is -0.133. The molecular formula is C10H20N2O. The highest BCUT2D eigenvalue weighted by Gasteiger charge is 2.23. The van der Waals surface area contributed by atoms with E-state index in [1.165, 1.54) is 19.3 Å². The SMILES string of the molecule is CC(CN)N(C)C(=O)CC1CCC1. The van der Waals surface area contributed by atoms with Gasteiger partial charge in [-0.15, -0.1) is 0 Å². The Morgan fingerprint density at radius 3 is 2.62 bits per heavy atom. The molecule has 1 aliphatic carbocycles. The summed E-state index contributed by atoms with van der Waals surface area (Å²) < 4.78 is 0. The molecule has 1 saturated carbocycles. The summed E-state index contributed by atoms with van der Waals surface area (Å²) in [6.07, 6.45) is 4.49. The summed E-state index contributed by atoms with van der Waals surface area (Å²) in [5, 5.41) is 0. The molecule has 3 heteroatoms. The highest BCUT2D eigenvalue weighted by molar-refractivity contribution is 5.76. The fraction of sp³-hybridized carbons (Fsp3) is 0.900. The van der Waals surface area contributed by atoms with E-state index in [1.54, 1.807) is 4.90 Å². The van der Waals surface area contributed by atoms with Crippen molar-refractivity contribution in [3.05, 3.63) is 0 Å². The zero-order chi connectivity index (χ0) is 9.84. The van der Waals surface area contributed by atoms with E-state index in [0.29, 0.717) is 12.5 Å². The van der Waals surface area contributed by atoms with Crippen LogP contribution in [0.4, 0.5) is 0 Å². The Kier molecular flexibility index (Phi) is 3.72. The number of rotatable bonds is 4. The lowest BCUT2D eigenvalue weighted by Gasteiger charge is -2.29. The Labute approximate surface area is 80.3 Å². The molecule has 0 aromatic heterocycles. The van der Waals surface area contributed by atoms with Crippen molar-refractivity contribution >= 4 is 5.91 Å². The van der Waals surface area contributed by atoms with E-state index in [0.717, 1.165) is 6.42 Å². The summed E-state index contributed by atoms with van der Waals surface area (Å²) in [6.45, 7) is 2.53. The second-order valence-electron chi connectivity index (χ2n) is 4.09. The lowest BCUT2D eigenvalue weighted by atomic mass is 9.82. The lowest BCUT2D eigenvalue weighted by Crippen LogP contribution is -2.40. The van der Waals surface area contributed by atoms with Gasteiger partial charge < -0.3 is 10.6 Å². The van der Waals surface area contributed by atoms with Gasteiger partial charge in [-0.05, 0) is 25.7 Å². The third kappa shape index (κ3) is 2.69. The normalized spacial score (nSPS) is 19.3. The van der Waals surface area contributed by atoms with Crippen LogP contribution in [0, 0.1) is 5.92 Å². The molecule has 0 saturated heterocycles. The quantitative estimate of drug-likeness (QED) is 0.708. The molecular weight excluding hydrogens is 164 g/mol. The molecule has 2 N–H and O–H groups in total. The highest BCUT2D eigenvalue weighted by Crippen LogP contribution is 2.29. The number of amides is 1. The fourth-order valence-electron chi connectivity index (χ4n) is 1.49. The van der Waals surface area contributed by atoms with Crippen LogP contribution in [0.1, 0.15) is 32.6 Å². The minimum absolute atomic E-state index is 0.174. The van der Waals surface area contributed by atoms with Gasteiger partial charge in [0.05, 0.1) is 0 Å². The van der Waals surface area contributed by atoms with Crippen molar-refractivity contribution in [1.29, 1.82) is 0 Å². The average Bonchev–Trinajstić information content (AvgIpc) is 2.08. The van der Waals surface area contributed by atoms with Gasteiger partial charge >= 0.3 is 0 Å². The van der Waals surface area contributed by atoms with Crippen molar-refractivity contribution in [3.63, 3.8) is 0 Å². The van der Waals surface area contributed by atoms with Crippen LogP contribution in [0.25, 0.3) is 0 Å². The Balaban J connectivity index is 2.28. The van der Waals surface area contributed by atoms with Crippen LogP contribution in [0.5, 0.6) is 0 Å². The Morgan fingerprint density at radius 1 is 1.62 bits per heavy atom. The number of likely N-dealkylation sites (N-methyl/N-ethyl adjacent to an activating group) is 1. The molecule has 1 fully saturated rings. The van der Waals surface area contributed by atoms with E-state index in [-0.39, 0.29) is 11.9 Å². The van der Waals surface area contributed by atoms with Crippen molar-refractivity contribution in [2.24, 2.45) is 11.7 Å². The predicted octanol–water partition coefficient (Wildman–Crippen LogP) is 0.982. The molecule has 0 spiro atoms. The summed E-state index contributed by atoms with van der Waals surface area (Å²) in [4.78, 5) is 13.4. The number of carbonyl (C=O) groups is 1. The van der Waals surface area contributed by atoms with Crippen LogP contribution >= 0.6 is 0 Å². The van der Waals surface area contributed by atoms with E-state index >= 15 is 0 Å². The Hall–Kier alpha value is -0.570. The first-order valence-corrected chi connectivity index (χ1v) is 5.11. The van der Waals surface area contributed by atoms with Crippen LogP contribution in [-0.2, 0) is 4.79 Å². The summed E-state index contributed by atoms with van der Waals surface area (Å²) in [5.74, 6) is 0.905. The maximum atomic E-state index is 11.6. The van der Waals surface area contributed by atoms with Gasteiger partial charge in [0.1, 0.15) is 0 Å². The van der Waals surface area contributed by atoms with Crippen LogP contribution in [0.2, 0.25) is 0 Å². The molecule has 3 nitrogen and oxygen atoms in total. The second-order valence-corrected chi connectivity index (χ2v) is 4.09. The number of nitrogens with two attached hydrogens (primary N) is 1. The monoisotopic (exact) mass is 184 g/mol. The predicted molar refractivity (Wildman–Crippen MR) is 53.2 cm³/mol. The third-order valence-electron chi connectivity index (χ3n) is 3.08. The molecule has 1 aliphatic rings. The van der Waals surface area contributed by atoms with Crippen molar-refractivity contribution in [2.45, 2.75) is 38.6 Å². The molecule has 1 atom stereocenters. The molecule has 13 heavy (non-hydrogen) atoms.